The summed E-state index contributed by atoms with van der Waals surface area (Å²) in [4.78, 5) is 8.27. The van der Waals surface area contributed by atoms with Gasteiger partial charge in [-0.1, -0.05) is 12.1 Å². The van der Waals surface area contributed by atoms with E-state index in [1.54, 1.807) is 25.4 Å². The minimum absolute atomic E-state index is 0.122. The number of rotatable bonds is 7. The fourth-order valence-electron chi connectivity index (χ4n) is 2.15. The Balaban J connectivity index is 1.70. The van der Waals surface area contributed by atoms with E-state index in [4.69, 9.17) is 4.74 Å². The minimum Gasteiger partial charge on any atom is -0.489 e. The number of benzene rings is 1. The van der Waals surface area contributed by atoms with Crippen LogP contribution >= 0.6 is 0 Å². The molecule has 128 valence electrons. The Kier molecular flexibility index (Phi) is 7.01. The summed E-state index contributed by atoms with van der Waals surface area (Å²) in [5.74, 6) is 0.915. The summed E-state index contributed by atoms with van der Waals surface area (Å²) in [5, 5.41) is 6.44. The van der Waals surface area contributed by atoms with Gasteiger partial charge in [-0.05, 0) is 37.1 Å². The van der Waals surface area contributed by atoms with E-state index in [1.807, 2.05) is 25.3 Å². The van der Waals surface area contributed by atoms with Gasteiger partial charge in [0.2, 0.25) is 0 Å². The Labute approximate surface area is 142 Å². The van der Waals surface area contributed by atoms with Gasteiger partial charge in [0, 0.05) is 32.1 Å². The van der Waals surface area contributed by atoms with Gasteiger partial charge >= 0.3 is 0 Å². The van der Waals surface area contributed by atoms with Gasteiger partial charge in [0.05, 0.1) is 6.54 Å². The average Bonchev–Trinajstić information content (AvgIpc) is 2.59. The third kappa shape index (κ3) is 6.24. The van der Waals surface area contributed by atoms with Crippen LogP contribution in [0.15, 0.2) is 53.8 Å². The standard InChI is InChI=1S/C18H23FN4O/c1-14(24-17-7-3-6-16(19)11-17)12-23-18(20-2)22-10-8-15-5-4-9-21-13-15/h3-7,9,11,13-14H,8,10,12H2,1-2H3,(H2,20,22,23). The van der Waals surface area contributed by atoms with Crippen LogP contribution < -0.4 is 15.4 Å². The molecule has 1 aromatic carbocycles. The number of nitrogens with one attached hydrogen (secondary N) is 2. The summed E-state index contributed by atoms with van der Waals surface area (Å²) in [7, 11) is 1.72. The Morgan fingerprint density at radius 3 is 2.88 bits per heavy atom. The number of aromatic nitrogens is 1. The van der Waals surface area contributed by atoms with Crippen molar-refractivity contribution in [2.24, 2.45) is 4.99 Å². The van der Waals surface area contributed by atoms with Gasteiger partial charge in [-0.25, -0.2) is 4.39 Å². The highest BCUT2D eigenvalue weighted by atomic mass is 19.1. The molecule has 2 N–H and O–H groups in total. The number of hydrogen-bond donors (Lipinski definition) is 2. The highest BCUT2D eigenvalue weighted by Crippen LogP contribution is 2.13. The second-order valence-electron chi connectivity index (χ2n) is 5.38. The summed E-state index contributed by atoms with van der Waals surface area (Å²) < 4.78 is 18.8. The number of nitrogens with zero attached hydrogens (tertiary/aromatic N) is 2. The Hall–Kier alpha value is -2.63. The van der Waals surface area contributed by atoms with Crippen LogP contribution in [-0.4, -0.2) is 37.2 Å². The minimum atomic E-state index is -0.305. The number of halogens is 1. The summed E-state index contributed by atoms with van der Waals surface area (Å²) in [6.07, 6.45) is 4.36. The van der Waals surface area contributed by atoms with Gasteiger partial charge in [-0.3, -0.25) is 9.98 Å². The van der Waals surface area contributed by atoms with E-state index in [-0.39, 0.29) is 11.9 Å². The SMILES string of the molecule is CN=C(NCCc1cccnc1)NCC(C)Oc1cccc(F)c1. The number of hydrogen-bond acceptors (Lipinski definition) is 3. The van der Waals surface area contributed by atoms with Crippen LogP contribution in [0.25, 0.3) is 0 Å². The summed E-state index contributed by atoms with van der Waals surface area (Å²) in [6, 6.07) is 10.1. The molecule has 1 unspecified atom stereocenters. The molecule has 0 bridgehead atoms. The highest BCUT2D eigenvalue weighted by Gasteiger charge is 2.06. The van der Waals surface area contributed by atoms with Crippen molar-refractivity contribution in [2.45, 2.75) is 19.4 Å². The fourth-order valence-corrected chi connectivity index (χ4v) is 2.15. The molecule has 0 saturated heterocycles. The van der Waals surface area contributed by atoms with Crippen LogP contribution in [0.3, 0.4) is 0 Å². The molecule has 0 saturated carbocycles. The molecule has 0 radical (unpaired) electrons. The van der Waals surface area contributed by atoms with Crippen LogP contribution in [0, 0.1) is 5.82 Å². The smallest absolute Gasteiger partial charge is 0.191 e. The van der Waals surface area contributed by atoms with Gasteiger partial charge in [-0.15, -0.1) is 0 Å². The molecule has 0 fully saturated rings. The summed E-state index contributed by atoms with van der Waals surface area (Å²) >= 11 is 0. The fraction of sp³-hybridized carbons (Fsp3) is 0.333. The monoisotopic (exact) mass is 330 g/mol. The van der Waals surface area contributed by atoms with Crippen LogP contribution in [0.1, 0.15) is 12.5 Å². The number of ether oxygens (including phenoxy) is 1. The first-order chi connectivity index (χ1) is 11.7. The van der Waals surface area contributed by atoms with E-state index in [9.17, 15) is 4.39 Å². The van der Waals surface area contributed by atoms with E-state index in [0.29, 0.717) is 18.3 Å². The van der Waals surface area contributed by atoms with E-state index in [2.05, 4.69) is 20.6 Å². The first kappa shape index (κ1) is 17.7. The molecule has 2 rings (SSSR count). The maximum atomic E-state index is 13.1. The topological polar surface area (TPSA) is 58.5 Å². The van der Waals surface area contributed by atoms with Crippen molar-refractivity contribution in [3.05, 3.63) is 60.2 Å². The van der Waals surface area contributed by atoms with Crippen molar-refractivity contribution in [3.8, 4) is 5.75 Å². The predicted molar refractivity (Wildman–Crippen MR) is 93.8 cm³/mol. The van der Waals surface area contributed by atoms with Gasteiger partial charge in [0.25, 0.3) is 0 Å². The van der Waals surface area contributed by atoms with E-state index >= 15 is 0 Å². The Bertz CT molecular complexity index is 648. The van der Waals surface area contributed by atoms with Crippen LogP contribution in [0.4, 0.5) is 4.39 Å². The lowest BCUT2D eigenvalue weighted by molar-refractivity contribution is 0.223. The Morgan fingerprint density at radius 2 is 2.17 bits per heavy atom. The first-order valence-electron chi connectivity index (χ1n) is 7.93. The van der Waals surface area contributed by atoms with Crippen molar-refractivity contribution < 1.29 is 9.13 Å². The molecule has 0 amide bonds. The van der Waals surface area contributed by atoms with Gasteiger partial charge < -0.3 is 15.4 Å². The highest BCUT2D eigenvalue weighted by molar-refractivity contribution is 5.79. The molecular weight excluding hydrogens is 307 g/mol. The third-order valence-electron chi connectivity index (χ3n) is 3.34. The van der Waals surface area contributed by atoms with Gasteiger partial charge in [0.1, 0.15) is 17.7 Å². The van der Waals surface area contributed by atoms with Crippen molar-refractivity contribution in [2.75, 3.05) is 20.1 Å². The molecule has 5 nitrogen and oxygen atoms in total. The zero-order valence-corrected chi connectivity index (χ0v) is 14.0. The van der Waals surface area contributed by atoms with Gasteiger partial charge in [0.15, 0.2) is 5.96 Å². The van der Waals surface area contributed by atoms with Gasteiger partial charge in [-0.2, -0.15) is 0 Å². The van der Waals surface area contributed by atoms with Crippen molar-refractivity contribution in [1.82, 2.24) is 15.6 Å². The average molecular weight is 330 g/mol. The van der Waals surface area contributed by atoms with Crippen LogP contribution in [0.5, 0.6) is 5.75 Å². The van der Waals surface area contributed by atoms with Crippen molar-refractivity contribution in [3.63, 3.8) is 0 Å². The molecule has 0 spiro atoms. The molecule has 24 heavy (non-hydrogen) atoms. The second-order valence-corrected chi connectivity index (χ2v) is 5.38. The normalized spacial score (nSPS) is 12.5. The molecule has 1 heterocycles. The zero-order chi connectivity index (χ0) is 17.2. The maximum absolute atomic E-state index is 13.1. The van der Waals surface area contributed by atoms with Crippen molar-refractivity contribution >= 4 is 5.96 Å². The van der Waals surface area contributed by atoms with Crippen molar-refractivity contribution in [1.29, 1.82) is 0 Å². The molecule has 6 heteroatoms. The third-order valence-corrected chi connectivity index (χ3v) is 3.34. The predicted octanol–water partition coefficient (Wildman–Crippen LogP) is 2.40. The Morgan fingerprint density at radius 1 is 1.29 bits per heavy atom. The maximum Gasteiger partial charge on any atom is 0.191 e. The van der Waals surface area contributed by atoms with E-state index in [1.165, 1.54) is 17.7 Å². The summed E-state index contributed by atoms with van der Waals surface area (Å²) in [5.41, 5.74) is 1.17. The van der Waals surface area contributed by atoms with Crippen LogP contribution in [-0.2, 0) is 6.42 Å². The number of pyridine rings is 1. The zero-order valence-electron chi connectivity index (χ0n) is 14.0. The molecule has 1 aromatic heterocycles. The number of guanidine groups is 1. The molecule has 0 aliphatic heterocycles. The van der Waals surface area contributed by atoms with Crippen LogP contribution in [0.2, 0.25) is 0 Å². The number of aliphatic imine (C=N–C) groups is 1. The second kappa shape index (κ2) is 9.50. The molecule has 2 aromatic rings. The first-order valence-corrected chi connectivity index (χ1v) is 7.93. The molecule has 1 atom stereocenters. The molecular formula is C18H23FN4O. The molecule has 0 aliphatic carbocycles. The lowest BCUT2D eigenvalue weighted by Crippen LogP contribution is -2.42. The largest absolute Gasteiger partial charge is 0.489 e. The lowest BCUT2D eigenvalue weighted by Gasteiger charge is -2.17. The van der Waals surface area contributed by atoms with E-state index in [0.717, 1.165) is 13.0 Å². The quantitative estimate of drug-likeness (QED) is 0.605. The lowest BCUT2D eigenvalue weighted by atomic mass is 10.2. The summed E-state index contributed by atoms with van der Waals surface area (Å²) in [6.45, 7) is 3.23. The van der Waals surface area contributed by atoms with E-state index < -0.39 is 0 Å². The molecule has 0 aliphatic rings.